The number of sulfonamides is 1. The number of fused-ring (bicyclic) bond motifs is 1. The van der Waals surface area contributed by atoms with Crippen LogP contribution in [-0.4, -0.2) is 76.0 Å². The summed E-state index contributed by atoms with van der Waals surface area (Å²) < 4.78 is 95.9. The Morgan fingerprint density at radius 3 is 2.13 bits per heavy atom. The van der Waals surface area contributed by atoms with E-state index in [1.54, 1.807) is 47.4 Å². The van der Waals surface area contributed by atoms with Crippen LogP contribution < -0.4 is 29.2 Å². The summed E-state index contributed by atoms with van der Waals surface area (Å²) in [6, 6.07) is 18.2. The van der Waals surface area contributed by atoms with E-state index >= 15 is 0 Å². The minimum absolute atomic E-state index is 0.0562. The first-order valence-electron chi connectivity index (χ1n) is 17.2. The molecule has 1 atom stereocenters. The van der Waals surface area contributed by atoms with Gasteiger partial charge in [0.15, 0.2) is 5.03 Å². The molecule has 1 unspecified atom stereocenters. The molecule has 1 fully saturated rings. The van der Waals surface area contributed by atoms with Crippen molar-refractivity contribution in [3.63, 3.8) is 0 Å². The number of carbonyl (C=O) groups excluding carboxylic acids is 1. The number of halogens is 3. The summed E-state index contributed by atoms with van der Waals surface area (Å²) in [6.45, 7) is 0.926. The average molecular weight is 780 g/mol. The van der Waals surface area contributed by atoms with Crippen molar-refractivity contribution < 1.29 is 45.3 Å². The van der Waals surface area contributed by atoms with Crippen molar-refractivity contribution in [1.82, 2.24) is 14.3 Å². The largest absolute Gasteiger partial charge is 0.497 e. The molecule has 290 valence electrons. The highest BCUT2D eigenvalue weighted by Crippen LogP contribution is 2.37. The van der Waals surface area contributed by atoms with E-state index in [1.807, 2.05) is 0 Å². The summed E-state index contributed by atoms with van der Waals surface area (Å²) in [5.74, 6) is -3.41. The van der Waals surface area contributed by atoms with Crippen LogP contribution in [0.15, 0.2) is 84.0 Å². The molecule has 1 aliphatic heterocycles. The van der Waals surface area contributed by atoms with Gasteiger partial charge in [0, 0.05) is 85.1 Å². The normalized spacial score (nSPS) is 15.5. The van der Waals surface area contributed by atoms with Gasteiger partial charge < -0.3 is 29.2 Å². The van der Waals surface area contributed by atoms with Crippen LogP contribution in [0, 0.1) is 11.7 Å². The molecule has 0 bridgehead atoms. The summed E-state index contributed by atoms with van der Waals surface area (Å²) in [5.41, 5.74) is 1.28. The molecule has 0 aliphatic carbocycles. The quantitative estimate of drug-likeness (QED) is 0.134. The van der Waals surface area contributed by atoms with Crippen LogP contribution in [-0.2, 0) is 23.1 Å². The van der Waals surface area contributed by atoms with Crippen LogP contribution in [0.1, 0.15) is 34.8 Å². The third-order valence-electron chi connectivity index (χ3n) is 9.54. The Bertz CT molecular complexity index is 2270. The van der Waals surface area contributed by atoms with Crippen LogP contribution >= 0.6 is 0 Å². The van der Waals surface area contributed by atoms with Crippen molar-refractivity contribution in [2.75, 3.05) is 51.7 Å². The number of hydrogen-bond acceptors (Lipinski definition) is 10. The van der Waals surface area contributed by atoms with E-state index in [2.05, 4.69) is 15.3 Å². The van der Waals surface area contributed by atoms with Gasteiger partial charge in [-0.3, -0.25) is 4.79 Å². The molecule has 16 heteroatoms. The predicted molar refractivity (Wildman–Crippen MR) is 200 cm³/mol. The number of piperidine rings is 1. The third kappa shape index (κ3) is 8.24. The standard InChI is InChI=1S/C39H40F3N5O7S/c1-24-21-46(16-14-39(24,41)42)37-31(20-30-32(40)7-6-8-33(30)45-37)38(48)44-27-13-15-43-36(17-27)55(49,50)47(22-25-9-11-28(51-2)18-34(25)53-4)23-26-10-12-29(52-3)19-35(26)54-5/h6-13,15,17-20,24H,14,16,21-23H2,1-5H3,(H,43,44,48). The number of rotatable bonds is 13. The number of anilines is 2. The van der Waals surface area contributed by atoms with Gasteiger partial charge in [-0.05, 0) is 36.4 Å². The van der Waals surface area contributed by atoms with Gasteiger partial charge in [-0.25, -0.2) is 31.6 Å². The van der Waals surface area contributed by atoms with Gasteiger partial charge >= 0.3 is 0 Å². The first kappa shape index (κ1) is 39.1. The summed E-state index contributed by atoms with van der Waals surface area (Å²) in [6.07, 6.45) is 0.779. The minimum atomic E-state index is -4.42. The Morgan fingerprint density at radius 2 is 1.55 bits per heavy atom. The number of aromatic nitrogens is 2. The summed E-state index contributed by atoms with van der Waals surface area (Å²) in [4.78, 5) is 24.3. The number of alkyl halides is 2. The van der Waals surface area contributed by atoms with Crippen molar-refractivity contribution in [1.29, 1.82) is 0 Å². The van der Waals surface area contributed by atoms with Crippen LogP contribution in [0.5, 0.6) is 23.0 Å². The maximum atomic E-state index is 14.9. The topological polar surface area (TPSA) is 132 Å². The Balaban J connectivity index is 1.36. The fraction of sp³-hybridized carbons (Fsp3) is 0.308. The molecule has 3 aromatic carbocycles. The lowest BCUT2D eigenvalue weighted by atomic mass is 9.95. The van der Waals surface area contributed by atoms with Crippen molar-refractivity contribution >= 4 is 38.3 Å². The molecule has 12 nitrogen and oxygen atoms in total. The number of nitrogens with one attached hydrogen (secondary N) is 1. The van der Waals surface area contributed by atoms with Gasteiger partial charge in [0.1, 0.15) is 34.6 Å². The zero-order chi connectivity index (χ0) is 39.5. The molecule has 6 rings (SSSR count). The number of methoxy groups -OCH3 is 4. The second-order valence-electron chi connectivity index (χ2n) is 13.0. The maximum absolute atomic E-state index is 14.9. The Labute approximate surface area is 316 Å². The van der Waals surface area contributed by atoms with Crippen LogP contribution in [0.25, 0.3) is 10.9 Å². The molecule has 0 spiro atoms. The number of benzene rings is 3. The van der Waals surface area contributed by atoms with Crippen molar-refractivity contribution in [2.45, 2.75) is 37.4 Å². The smallest absolute Gasteiger partial charge is 0.261 e. The van der Waals surface area contributed by atoms with Crippen molar-refractivity contribution in [3.05, 3.63) is 102 Å². The molecule has 0 saturated carbocycles. The van der Waals surface area contributed by atoms with E-state index in [1.165, 1.54) is 76.2 Å². The molecular weight excluding hydrogens is 740 g/mol. The van der Waals surface area contributed by atoms with E-state index in [9.17, 15) is 26.4 Å². The molecule has 5 aromatic rings. The van der Waals surface area contributed by atoms with Gasteiger partial charge in [-0.15, -0.1) is 0 Å². The first-order valence-corrected chi connectivity index (χ1v) is 18.6. The van der Waals surface area contributed by atoms with Crippen molar-refractivity contribution in [2.24, 2.45) is 5.92 Å². The lowest BCUT2D eigenvalue weighted by Gasteiger charge is -2.38. The first-order chi connectivity index (χ1) is 26.3. The van der Waals surface area contributed by atoms with Gasteiger partial charge in [0.25, 0.3) is 21.9 Å². The average Bonchev–Trinajstić information content (AvgIpc) is 3.18. The second-order valence-corrected chi connectivity index (χ2v) is 14.9. The van der Waals surface area contributed by atoms with E-state index in [-0.39, 0.29) is 59.2 Å². The van der Waals surface area contributed by atoms with Gasteiger partial charge in [-0.2, -0.15) is 4.31 Å². The molecular formula is C39H40F3N5O7S. The molecule has 3 heterocycles. The fourth-order valence-electron chi connectivity index (χ4n) is 6.37. The molecule has 1 saturated heterocycles. The second kappa shape index (κ2) is 16.0. The summed E-state index contributed by atoms with van der Waals surface area (Å²) >= 11 is 0. The lowest BCUT2D eigenvalue weighted by molar-refractivity contribution is -0.0652. The van der Waals surface area contributed by atoms with Gasteiger partial charge in [-0.1, -0.05) is 25.1 Å². The maximum Gasteiger partial charge on any atom is 0.261 e. The predicted octanol–water partition coefficient (Wildman–Crippen LogP) is 6.93. The number of pyridine rings is 2. The zero-order valence-electron chi connectivity index (χ0n) is 30.8. The van der Waals surface area contributed by atoms with E-state index in [0.29, 0.717) is 34.1 Å². The van der Waals surface area contributed by atoms with E-state index < -0.39 is 40.0 Å². The SMILES string of the molecule is COc1ccc(CN(Cc2ccc(OC)cc2OC)S(=O)(=O)c2cc(NC(=O)c3cc4c(F)cccc4nc3N3CCC(F)(F)C(C)C3)ccn2)c(OC)c1. The number of nitrogens with zero attached hydrogens (tertiary/aromatic N) is 4. The Morgan fingerprint density at radius 1 is 0.909 bits per heavy atom. The number of hydrogen-bond donors (Lipinski definition) is 1. The molecule has 1 amide bonds. The summed E-state index contributed by atoms with van der Waals surface area (Å²) in [7, 11) is 1.51. The number of carbonyl (C=O) groups is 1. The number of amides is 1. The van der Waals surface area contributed by atoms with Gasteiger partial charge in [0.2, 0.25) is 0 Å². The minimum Gasteiger partial charge on any atom is -0.497 e. The van der Waals surface area contributed by atoms with Gasteiger partial charge in [0.05, 0.1) is 39.5 Å². The Hall–Kier alpha value is -5.61. The monoisotopic (exact) mass is 779 g/mol. The van der Waals surface area contributed by atoms with E-state index in [4.69, 9.17) is 18.9 Å². The Kier molecular flexibility index (Phi) is 11.4. The van der Waals surface area contributed by atoms with Crippen LogP contribution in [0.4, 0.5) is 24.7 Å². The highest BCUT2D eigenvalue weighted by molar-refractivity contribution is 7.89. The van der Waals surface area contributed by atoms with Crippen molar-refractivity contribution in [3.8, 4) is 23.0 Å². The molecule has 55 heavy (non-hydrogen) atoms. The third-order valence-corrected chi connectivity index (χ3v) is 11.2. The molecule has 0 radical (unpaired) electrons. The molecule has 1 aliphatic rings. The zero-order valence-corrected chi connectivity index (χ0v) is 31.6. The summed E-state index contributed by atoms with van der Waals surface area (Å²) in [5, 5.41) is 2.37. The molecule has 2 aromatic heterocycles. The molecule has 1 N–H and O–H groups in total. The highest BCUT2D eigenvalue weighted by Gasteiger charge is 2.42. The van der Waals surface area contributed by atoms with Crippen LogP contribution in [0.3, 0.4) is 0 Å². The fourth-order valence-corrected chi connectivity index (χ4v) is 7.72. The van der Waals surface area contributed by atoms with Crippen LogP contribution in [0.2, 0.25) is 0 Å². The number of ether oxygens (including phenoxy) is 4. The van der Waals surface area contributed by atoms with E-state index in [0.717, 1.165) is 0 Å². The highest BCUT2D eigenvalue weighted by atomic mass is 32.2. The lowest BCUT2D eigenvalue weighted by Crippen LogP contribution is -2.46.